The van der Waals surface area contributed by atoms with Gasteiger partial charge in [0.05, 0.1) is 5.02 Å². The molecule has 2 aromatic carbocycles. The van der Waals surface area contributed by atoms with Crippen molar-refractivity contribution in [1.82, 2.24) is 4.98 Å². The number of fused-ring (bicyclic) bond motifs is 1. The molecule has 25 heavy (non-hydrogen) atoms. The zero-order valence-corrected chi connectivity index (χ0v) is 14.5. The van der Waals surface area contributed by atoms with Crippen molar-refractivity contribution in [3.05, 3.63) is 88.0 Å². The van der Waals surface area contributed by atoms with Gasteiger partial charge in [0.1, 0.15) is 12.0 Å². The normalized spacial score (nSPS) is 16.0. The molecule has 0 fully saturated rings. The molecule has 3 aromatic rings. The van der Waals surface area contributed by atoms with Crippen molar-refractivity contribution in [2.24, 2.45) is 0 Å². The third kappa shape index (κ3) is 2.95. The Morgan fingerprint density at radius 3 is 2.36 bits per heavy atom. The maximum atomic E-state index is 12.9. The second-order valence-electron chi connectivity index (χ2n) is 5.65. The van der Waals surface area contributed by atoms with Gasteiger partial charge in [0.25, 0.3) is 5.91 Å². The molecule has 1 atom stereocenters. The van der Waals surface area contributed by atoms with E-state index in [2.05, 4.69) is 10.3 Å². The zero-order chi connectivity index (χ0) is 17.4. The number of hydrogen-bond donors (Lipinski definition) is 1. The van der Waals surface area contributed by atoms with Crippen LogP contribution < -0.4 is 10.2 Å². The lowest BCUT2D eigenvalue weighted by Crippen LogP contribution is -2.32. The highest BCUT2D eigenvalue weighted by atomic mass is 35.5. The highest BCUT2D eigenvalue weighted by Gasteiger charge is 2.38. The number of carbonyl (C=O) groups excluding carboxylic acids is 1. The van der Waals surface area contributed by atoms with E-state index in [9.17, 15) is 4.79 Å². The average Bonchev–Trinajstić information content (AvgIpc) is 2.90. The smallest absolute Gasteiger partial charge is 0.261 e. The lowest BCUT2D eigenvalue weighted by atomic mass is 10.1. The quantitative estimate of drug-likeness (QED) is 0.693. The first-order valence-corrected chi connectivity index (χ1v) is 8.45. The second kappa shape index (κ2) is 6.39. The summed E-state index contributed by atoms with van der Waals surface area (Å²) in [6.45, 7) is 0. The molecule has 6 heteroatoms. The number of aromatic nitrogens is 1. The molecular weight excluding hydrogens is 357 g/mol. The monoisotopic (exact) mass is 369 g/mol. The molecule has 1 aliphatic heterocycles. The largest absolute Gasteiger partial charge is 0.361 e. The Morgan fingerprint density at radius 2 is 1.64 bits per heavy atom. The van der Waals surface area contributed by atoms with Gasteiger partial charge in [-0.3, -0.25) is 9.69 Å². The molecule has 1 amide bonds. The van der Waals surface area contributed by atoms with Crippen molar-refractivity contribution >= 4 is 40.6 Å². The molecule has 0 saturated heterocycles. The highest BCUT2D eigenvalue weighted by Crippen LogP contribution is 2.37. The summed E-state index contributed by atoms with van der Waals surface area (Å²) in [4.78, 5) is 18.9. The van der Waals surface area contributed by atoms with E-state index in [0.717, 1.165) is 11.3 Å². The van der Waals surface area contributed by atoms with Gasteiger partial charge in [-0.25, -0.2) is 4.98 Å². The Balaban J connectivity index is 1.77. The van der Waals surface area contributed by atoms with Gasteiger partial charge < -0.3 is 5.32 Å². The average molecular weight is 370 g/mol. The minimum Gasteiger partial charge on any atom is -0.361 e. The van der Waals surface area contributed by atoms with Gasteiger partial charge in [-0.1, -0.05) is 41.4 Å². The number of anilines is 2. The molecule has 0 bridgehead atoms. The number of rotatable bonds is 3. The van der Waals surface area contributed by atoms with Crippen molar-refractivity contribution in [3.63, 3.8) is 0 Å². The van der Waals surface area contributed by atoms with Gasteiger partial charge in [-0.2, -0.15) is 0 Å². The Labute approximate surface area is 155 Å². The van der Waals surface area contributed by atoms with Crippen molar-refractivity contribution in [1.29, 1.82) is 0 Å². The van der Waals surface area contributed by atoms with Crippen LogP contribution in [0, 0.1) is 0 Å². The maximum absolute atomic E-state index is 12.9. The van der Waals surface area contributed by atoms with Crippen LogP contribution in [0.15, 0.2) is 66.9 Å². The summed E-state index contributed by atoms with van der Waals surface area (Å²) >= 11 is 11.9. The third-order valence-corrected chi connectivity index (χ3v) is 4.54. The number of pyridine rings is 1. The van der Waals surface area contributed by atoms with Gasteiger partial charge in [0.2, 0.25) is 0 Å². The molecular formula is C19H13Cl2N3O. The number of benzene rings is 2. The fourth-order valence-corrected chi connectivity index (χ4v) is 3.15. The molecule has 0 saturated carbocycles. The molecule has 4 nitrogen and oxygen atoms in total. The van der Waals surface area contributed by atoms with Crippen molar-refractivity contribution in [2.75, 3.05) is 10.2 Å². The minimum absolute atomic E-state index is 0.100. The van der Waals surface area contributed by atoms with Crippen LogP contribution in [0.25, 0.3) is 0 Å². The lowest BCUT2D eigenvalue weighted by molar-refractivity contribution is 0.0992. The topological polar surface area (TPSA) is 45.2 Å². The van der Waals surface area contributed by atoms with Gasteiger partial charge >= 0.3 is 0 Å². The van der Waals surface area contributed by atoms with Gasteiger partial charge in [0, 0.05) is 28.0 Å². The van der Waals surface area contributed by atoms with Crippen molar-refractivity contribution < 1.29 is 4.79 Å². The van der Waals surface area contributed by atoms with E-state index < -0.39 is 0 Å². The SMILES string of the molecule is O=C1c2ccccc2[C@H](Nc2ccc(Cl)cc2)N1c1ccc(Cl)cn1. The van der Waals surface area contributed by atoms with Gasteiger partial charge in [-0.15, -0.1) is 0 Å². The van der Waals surface area contributed by atoms with E-state index in [1.165, 1.54) is 6.20 Å². The van der Waals surface area contributed by atoms with Crippen LogP contribution in [-0.4, -0.2) is 10.9 Å². The minimum atomic E-state index is -0.362. The van der Waals surface area contributed by atoms with Crippen LogP contribution in [0.3, 0.4) is 0 Å². The summed E-state index contributed by atoms with van der Waals surface area (Å²) in [6, 6.07) is 18.4. The number of nitrogens with one attached hydrogen (secondary N) is 1. The van der Waals surface area contributed by atoms with E-state index in [4.69, 9.17) is 23.2 Å². The first kappa shape index (κ1) is 15.9. The molecule has 0 radical (unpaired) electrons. The number of halogens is 2. The first-order chi connectivity index (χ1) is 12.1. The van der Waals surface area contributed by atoms with Crippen molar-refractivity contribution in [2.45, 2.75) is 6.17 Å². The van der Waals surface area contributed by atoms with Crippen LogP contribution in [0.5, 0.6) is 0 Å². The molecule has 1 aromatic heterocycles. The van der Waals surface area contributed by atoms with Crippen molar-refractivity contribution in [3.8, 4) is 0 Å². The number of nitrogens with zero attached hydrogens (tertiary/aromatic N) is 2. The molecule has 124 valence electrons. The van der Waals surface area contributed by atoms with E-state index in [-0.39, 0.29) is 12.1 Å². The summed E-state index contributed by atoms with van der Waals surface area (Å²) in [6.07, 6.45) is 1.17. The fraction of sp³-hybridized carbons (Fsp3) is 0.0526. The van der Waals surface area contributed by atoms with Gasteiger partial charge in [0.15, 0.2) is 0 Å². The standard InChI is InChI=1S/C19H13Cl2N3O/c20-12-5-8-14(9-6-12)23-18-15-3-1-2-4-16(15)19(25)24(18)17-10-7-13(21)11-22-17/h1-11,18,23H/t18-/m1/s1. The Kier molecular flexibility index (Phi) is 4.07. The predicted molar refractivity (Wildman–Crippen MR) is 100 cm³/mol. The Morgan fingerprint density at radius 1 is 0.920 bits per heavy atom. The molecule has 2 heterocycles. The summed E-state index contributed by atoms with van der Waals surface area (Å²) in [7, 11) is 0. The summed E-state index contributed by atoms with van der Waals surface area (Å²) < 4.78 is 0. The summed E-state index contributed by atoms with van der Waals surface area (Å²) in [5, 5.41) is 4.57. The van der Waals surface area contributed by atoms with E-state index in [0.29, 0.717) is 21.4 Å². The van der Waals surface area contributed by atoms with Crippen LogP contribution >= 0.6 is 23.2 Å². The van der Waals surface area contributed by atoms with Crippen LogP contribution in [0.2, 0.25) is 10.0 Å². The van der Waals surface area contributed by atoms with Gasteiger partial charge in [-0.05, 0) is 42.5 Å². The zero-order valence-electron chi connectivity index (χ0n) is 13.0. The van der Waals surface area contributed by atoms with E-state index in [1.54, 1.807) is 29.2 Å². The number of amides is 1. The first-order valence-electron chi connectivity index (χ1n) is 7.69. The number of carbonyl (C=O) groups is 1. The van der Waals surface area contributed by atoms with Crippen LogP contribution in [0.4, 0.5) is 11.5 Å². The molecule has 1 N–H and O–H groups in total. The lowest BCUT2D eigenvalue weighted by Gasteiger charge is -2.26. The Bertz CT molecular complexity index is 926. The fourth-order valence-electron chi connectivity index (χ4n) is 2.91. The second-order valence-corrected chi connectivity index (χ2v) is 6.52. The highest BCUT2D eigenvalue weighted by molar-refractivity contribution is 6.30. The predicted octanol–water partition coefficient (Wildman–Crippen LogP) is 5.16. The maximum Gasteiger partial charge on any atom is 0.261 e. The molecule has 0 spiro atoms. The molecule has 1 aliphatic rings. The van der Waals surface area contributed by atoms with E-state index >= 15 is 0 Å². The summed E-state index contributed by atoms with van der Waals surface area (Å²) in [5.74, 6) is 0.439. The summed E-state index contributed by atoms with van der Waals surface area (Å²) in [5.41, 5.74) is 2.42. The molecule has 0 unspecified atom stereocenters. The Hall–Kier alpha value is -2.56. The third-order valence-electron chi connectivity index (χ3n) is 4.07. The molecule has 4 rings (SSSR count). The van der Waals surface area contributed by atoms with E-state index in [1.807, 2.05) is 36.4 Å². The number of hydrogen-bond acceptors (Lipinski definition) is 3. The van der Waals surface area contributed by atoms with Crippen LogP contribution in [0.1, 0.15) is 22.1 Å². The molecule has 0 aliphatic carbocycles. The van der Waals surface area contributed by atoms with Crippen LogP contribution in [-0.2, 0) is 0 Å².